The smallest absolute Gasteiger partial charge is 0.128 e. The second-order valence-electron chi connectivity index (χ2n) is 7.59. The van der Waals surface area contributed by atoms with Crippen LogP contribution in [-0.4, -0.2) is 32.6 Å². The Balaban J connectivity index is 1.52. The van der Waals surface area contributed by atoms with Crippen LogP contribution in [0, 0.1) is 0 Å². The van der Waals surface area contributed by atoms with Gasteiger partial charge in [0.15, 0.2) is 0 Å². The van der Waals surface area contributed by atoms with Gasteiger partial charge in [-0.2, -0.15) is 0 Å². The maximum atomic E-state index is 4.89. The molecule has 1 atom stereocenters. The van der Waals surface area contributed by atoms with Crippen LogP contribution in [0.5, 0.6) is 0 Å². The molecule has 1 aliphatic rings. The number of nitrogens with zero attached hydrogens (tertiary/aromatic N) is 5. The van der Waals surface area contributed by atoms with Gasteiger partial charge in [0, 0.05) is 43.3 Å². The Morgan fingerprint density at radius 2 is 2.00 bits per heavy atom. The van der Waals surface area contributed by atoms with Gasteiger partial charge in [-0.15, -0.1) is 0 Å². The van der Waals surface area contributed by atoms with E-state index < -0.39 is 0 Å². The Labute approximate surface area is 161 Å². The lowest BCUT2D eigenvalue weighted by atomic mass is 9.97. The SMILES string of the molecule is CC(C)c1cccc(N2CCC[C@@H](c3nccn3Cc3ccccn3)C2)n1. The summed E-state index contributed by atoms with van der Waals surface area (Å²) in [6, 6.07) is 12.4. The van der Waals surface area contributed by atoms with E-state index in [1.54, 1.807) is 0 Å². The summed E-state index contributed by atoms with van der Waals surface area (Å²) < 4.78 is 2.24. The summed E-state index contributed by atoms with van der Waals surface area (Å²) in [7, 11) is 0. The van der Waals surface area contributed by atoms with E-state index in [2.05, 4.69) is 58.8 Å². The summed E-state index contributed by atoms with van der Waals surface area (Å²) in [6.45, 7) is 7.19. The average Bonchev–Trinajstić information content (AvgIpc) is 3.17. The van der Waals surface area contributed by atoms with Crippen molar-refractivity contribution in [1.29, 1.82) is 0 Å². The number of pyridine rings is 2. The Morgan fingerprint density at radius 3 is 2.81 bits per heavy atom. The zero-order valence-electron chi connectivity index (χ0n) is 16.1. The number of piperidine rings is 1. The van der Waals surface area contributed by atoms with Crippen molar-refractivity contribution in [3.05, 3.63) is 72.2 Å². The molecule has 0 aliphatic carbocycles. The summed E-state index contributed by atoms with van der Waals surface area (Å²) in [4.78, 5) is 16.5. The number of hydrogen-bond acceptors (Lipinski definition) is 4. The molecular weight excluding hydrogens is 334 g/mol. The van der Waals surface area contributed by atoms with Crippen LogP contribution in [-0.2, 0) is 6.54 Å². The van der Waals surface area contributed by atoms with Crippen molar-refractivity contribution in [2.24, 2.45) is 0 Å². The number of hydrogen-bond donors (Lipinski definition) is 0. The molecule has 0 unspecified atom stereocenters. The van der Waals surface area contributed by atoms with Crippen LogP contribution in [0.3, 0.4) is 0 Å². The molecule has 0 spiro atoms. The third-order valence-corrected chi connectivity index (χ3v) is 5.26. The predicted octanol–water partition coefficient (Wildman–Crippen LogP) is 4.23. The van der Waals surface area contributed by atoms with E-state index >= 15 is 0 Å². The summed E-state index contributed by atoms with van der Waals surface area (Å²) in [5, 5.41) is 0. The van der Waals surface area contributed by atoms with E-state index in [4.69, 9.17) is 9.97 Å². The third-order valence-electron chi connectivity index (χ3n) is 5.26. The Hall–Kier alpha value is -2.69. The van der Waals surface area contributed by atoms with Gasteiger partial charge in [0.1, 0.15) is 11.6 Å². The largest absolute Gasteiger partial charge is 0.356 e. The van der Waals surface area contributed by atoms with Crippen molar-refractivity contribution >= 4 is 5.82 Å². The standard InChI is InChI=1S/C22H27N5/c1-17(2)20-9-5-10-21(25-20)26-13-6-7-18(15-26)22-24-12-14-27(22)16-19-8-3-4-11-23-19/h3-5,8-12,14,17-18H,6-7,13,15-16H2,1-2H3/t18-/m1/s1. The van der Waals surface area contributed by atoms with Crippen LogP contribution in [0.2, 0.25) is 0 Å². The van der Waals surface area contributed by atoms with Gasteiger partial charge in [-0.25, -0.2) is 9.97 Å². The van der Waals surface area contributed by atoms with Crippen molar-refractivity contribution in [3.8, 4) is 0 Å². The number of imidazole rings is 1. The van der Waals surface area contributed by atoms with Gasteiger partial charge in [-0.3, -0.25) is 4.98 Å². The van der Waals surface area contributed by atoms with E-state index in [-0.39, 0.29) is 0 Å². The maximum absolute atomic E-state index is 4.89. The Kier molecular flexibility index (Phi) is 5.19. The highest BCUT2D eigenvalue weighted by atomic mass is 15.2. The third kappa shape index (κ3) is 4.02. The van der Waals surface area contributed by atoms with Crippen LogP contribution in [0.4, 0.5) is 5.82 Å². The van der Waals surface area contributed by atoms with E-state index in [0.29, 0.717) is 11.8 Å². The molecule has 0 amide bonds. The van der Waals surface area contributed by atoms with Gasteiger partial charge in [-0.05, 0) is 43.0 Å². The molecule has 1 fully saturated rings. The van der Waals surface area contributed by atoms with Gasteiger partial charge < -0.3 is 9.47 Å². The average molecular weight is 361 g/mol. The normalized spacial score (nSPS) is 17.4. The molecule has 0 N–H and O–H groups in total. The number of anilines is 1. The van der Waals surface area contributed by atoms with Gasteiger partial charge in [0.25, 0.3) is 0 Å². The second-order valence-corrected chi connectivity index (χ2v) is 7.59. The van der Waals surface area contributed by atoms with Crippen LogP contribution in [0.1, 0.15) is 55.7 Å². The molecule has 4 heterocycles. The molecule has 0 radical (unpaired) electrons. The van der Waals surface area contributed by atoms with Crippen molar-refractivity contribution in [2.45, 2.75) is 45.1 Å². The molecule has 27 heavy (non-hydrogen) atoms. The lowest BCUT2D eigenvalue weighted by molar-refractivity contribution is 0.473. The van der Waals surface area contributed by atoms with Crippen molar-refractivity contribution in [3.63, 3.8) is 0 Å². The molecular formula is C22H27N5. The molecule has 0 aromatic carbocycles. The fourth-order valence-corrected chi connectivity index (χ4v) is 3.81. The first-order chi connectivity index (χ1) is 13.2. The molecule has 140 valence electrons. The lowest BCUT2D eigenvalue weighted by Crippen LogP contribution is -2.36. The van der Waals surface area contributed by atoms with Gasteiger partial charge >= 0.3 is 0 Å². The fourth-order valence-electron chi connectivity index (χ4n) is 3.81. The Bertz CT molecular complexity index is 871. The van der Waals surface area contributed by atoms with Crippen LogP contribution in [0.25, 0.3) is 0 Å². The van der Waals surface area contributed by atoms with Gasteiger partial charge in [-0.1, -0.05) is 26.0 Å². The van der Waals surface area contributed by atoms with Crippen LogP contribution in [0.15, 0.2) is 55.0 Å². The summed E-state index contributed by atoms with van der Waals surface area (Å²) in [5.74, 6) is 3.11. The second kappa shape index (κ2) is 7.91. The molecule has 1 aliphatic heterocycles. The monoisotopic (exact) mass is 361 g/mol. The highest BCUT2D eigenvalue weighted by Gasteiger charge is 2.25. The first kappa shape index (κ1) is 17.7. The molecule has 5 nitrogen and oxygen atoms in total. The predicted molar refractivity (Wildman–Crippen MR) is 108 cm³/mol. The minimum atomic E-state index is 0.418. The van der Waals surface area contributed by atoms with E-state index in [1.807, 2.05) is 24.5 Å². The maximum Gasteiger partial charge on any atom is 0.128 e. The molecule has 0 bridgehead atoms. The van der Waals surface area contributed by atoms with E-state index in [1.165, 1.54) is 6.42 Å². The first-order valence-electron chi connectivity index (χ1n) is 9.83. The molecule has 5 heteroatoms. The zero-order valence-corrected chi connectivity index (χ0v) is 16.1. The summed E-state index contributed by atoms with van der Waals surface area (Å²) in [5.41, 5.74) is 2.22. The molecule has 3 aromatic heterocycles. The Morgan fingerprint density at radius 1 is 1.07 bits per heavy atom. The van der Waals surface area contributed by atoms with Crippen molar-refractivity contribution in [1.82, 2.24) is 19.5 Å². The highest BCUT2D eigenvalue weighted by Crippen LogP contribution is 2.29. The van der Waals surface area contributed by atoms with E-state index in [0.717, 1.165) is 49.1 Å². The van der Waals surface area contributed by atoms with Crippen molar-refractivity contribution < 1.29 is 0 Å². The zero-order chi connectivity index (χ0) is 18.6. The topological polar surface area (TPSA) is 46.8 Å². The quantitative estimate of drug-likeness (QED) is 0.682. The fraction of sp³-hybridized carbons (Fsp3) is 0.409. The van der Waals surface area contributed by atoms with Gasteiger partial charge in [0.2, 0.25) is 0 Å². The molecule has 4 rings (SSSR count). The molecule has 1 saturated heterocycles. The van der Waals surface area contributed by atoms with Crippen molar-refractivity contribution in [2.75, 3.05) is 18.0 Å². The van der Waals surface area contributed by atoms with Gasteiger partial charge in [0.05, 0.1) is 12.2 Å². The lowest BCUT2D eigenvalue weighted by Gasteiger charge is -2.33. The first-order valence-corrected chi connectivity index (χ1v) is 9.83. The number of aromatic nitrogens is 4. The summed E-state index contributed by atoms with van der Waals surface area (Å²) in [6.07, 6.45) is 8.16. The molecule has 0 saturated carbocycles. The highest BCUT2D eigenvalue weighted by molar-refractivity contribution is 5.41. The van der Waals surface area contributed by atoms with E-state index in [9.17, 15) is 0 Å². The summed E-state index contributed by atoms with van der Waals surface area (Å²) >= 11 is 0. The minimum absolute atomic E-state index is 0.418. The molecule has 3 aromatic rings. The van der Waals surface area contributed by atoms with Crippen LogP contribution >= 0.6 is 0 Å². The number of rotatable bonds is 5. The minimum Gasteiger partial charge on any atom is -0.356 e. The van der Waals surface area contributed by atoms with Crippen LogP contribution < -0.4 is 4.90 Å².